The van der Waals surface area contributed by atoms with Gasteiger partial charge in [0.05, 0.1) is 0 Å². The summed E-state index contributed by atoms with van der Waals surface area (Å²) in [5, 5.41) is 4.19. The molecule has 3 aromatic carbocycles. The zero-order valence-corrected chi connectivity index (χ0v) is 16.8. The molecule has 0 amide bonds. The van der Waals surface area contributed by atoms with Gasteiger partial charge in [0.2, 0.25) is 0 Å². The Morgan fingerprint density at radius 1 is 0.815 bits per heavy atom. The summed E-state index contributed by atoms with van der Waals surface area (Å²) in [4.78, 5) is 2.24. The summed E-state index contributed by atoms with van der Waals surface area (Å²) in [5.74, 6) is 0. The van der Waals surface area contributed by atoms with E-state index in [-0.39, 0.29) is 0 Å². The van der Waals surface area contributed by atoms with E-state index < -0.39 is 0 Å². The maximum Gasteiger partial charge on any atom is 0.173 e. The van der Waals surface area contributed by atoms with Crippen molar-refractivity contribution in [1.29, 1.82) is 0 Å². The number of anilines is 1. The minimum absolute atomic E-state index is 0.762. The van der Waals surface area contributed by atoms with E-state index in [1.165, 1.54) is 22.3 Å². The van der Waals surface area contributed by atoms with E-state index in [4.69, 9.17) is 12.2 Å². The summed E-state index contributed by atoms with van der Waals surface area (Å²) in [6.45, 7) is 5.92. The van der Waals surface area contributed by atoms with Crippen molar-refractivity contribution in [2.45, 2.75) is 26.8 Å². The molecular formula is C24H26N2S. The lowest BCUT2D eigenvalue weighted by Crippen LogP contribution is -2.35. The van der Waals surface area contributed by atoms with Gasteiger partial charge in [0.1, 0.15) is 0 Å². The Labute approximate surface area is 167 Å². The third-order valence-corrected chi connectivity index (χ3v) is 5.14. The molecule has 0 fully saturated rings. The summed E-state index contributed by atoms with van der Waals surface area (Å²) < 4.78 is 0. The third kappa shape index (κ3) is 5.66. The third-order valence-electron chi connectivity index (χ3n) is 4.77. The van der Waals surface area contributed by atoms with Gasteiger partial charge >= 0.3 is 0 Å². The predicted octanol–water partition coefficient (Wildman–Crippen LogP) is 5.75. The molecule has 3 aromatic rings. The van der Waals surface area contributed by atoms with Gasteiger partial charge in [-0.1, -0.05) is 66.7 Å². The molecule has 0 radical (unpaired) electrons. The van der Waals surface area contributed by atoms with Crippen molar-refractivity contribution < 1.29 is 0 Å². The van der Waals surface area contributed by atoms with Crippen molar-refractivity contribution in [2.24, 2.45) is 0 Å². The Morgan fingerprint density at radius 3 is 2.07 bits per heavy atom. The van der Waals surface area contributed by atoms with Crippen LogP contribution in [0.5, 0.6) is 0 Å². The van der Waals surface area contributed by atoms with E-state index in [1.54, 1.807) is 0 Å². The molecule has 0 saturated heterocycles. The molecule has 1 N–H and O–H groups in total. The fraction of sp³-hybridized carbons (Fsp3) is 0.208. The van der Waals surface area contributed by atoms with Crippen LogP contribution in [0.3, 0.4) is 0 Å². The summed E-state index contributed by atoms with van der Waals surface area (Å²) in [5.41, 5.74) is 6.18. The second-order valence-corrected chi connectivity index (χ2v) is 7.26. The smallest absolute Gasteiger partial charge is 0.173 e. The highest BCUT2D eigenvalue weighted by Crippen LogP contribution is 2.16. The lowest BCUT2D eigenvalue weighted by Gasteiger charge is -2.26. The second kappa shape index (κ2) is 9.33. The molecule has 0 aromatic heterocycles. The molecule has 0 atom stereocenters. The maximum atomic E-state index is 5.76. The topological polar surface area (TPSA) is 15.3 Å². The van der Waals surface area contributed by atoms with Crippen molar-refractivity contribution >= 4 is 23.0 Å². The summed E-state index contributed by atoms with van der Waals surface area (Å²) in [6.07, 6.45) is 0.961. The van der Waals surface area contributed by atoms with Gasteiger partial charge in [0.25, 0.3) is 0 Å². The predicted molar refractivity (Wildman–Crippen MR) is 119 cm³/mol. The van der Waals surface area contributed by atoms with Gasteiger partial charge in [-0.3, -0.25) is 0 Å². The van der Waals surface area contributed by atoms with E-state index in [9.17, 15) is 0 Å². The quantitative estimate of drug-likeness (QED) is 0.554. The molecule has 0 aliphatic carbocycles. The van der Waals surface area contributed by atoms with Crippen molar-refractivity contribution in [3.8, 4) is 0 Å². The fourth-order valence-corrected chi connectivity index (χ4v) is 3.26. The Balaban J connectivity index is 1.72. The van der Waals surface area contributed by atoms with Gasteiger partial charge in [0.15, 0.2) is 5.11 Å². The largest absolute Gasteiger partial charge is 0.344 e. The molecular weight excluding hydrogens is 348 g/mol. The molecule has 3 heteroatoms. The average Bonchev–Trinajstić information content (AvgIpc) is 2.69. The number of hydrogen-bond acceptors (Lipinski definition) is 1. The first-order chi connectivity index (χ1) is 13.1. The summed E-state index contributed by atoms with van der Waals surface area (Å²) in [7, 11) is 0. The molecule has 0 aliphatic rings. The highest BCUT2D eigenvalue weighted by Gasteiger charge is 2.11. The molecule has 0 heterocycles. The van der Waals surface area contributed by atoms with Crippen molar-refractivity contribution in [3.63, 3.8) is 0 Å². The molecule has 0 saturated carbocycles. The van der Waals surface area contributed by atoms with Crippen LogP contribution >= 0.6 is 12.2 Å². The number of nitrogens with zero attached hydrogens (tertiary/aromatic N) is 1. The number of nitrogens with one attached hydrogen (secondary N) is 1. The Morgan fingerprint density at radius 2 is 1.44 bits per heavy atom. The van der Waals surface area contributed by atoms with E-state index >= 15 is 0 Å². The highest BCUT2D eigenvalue weighted by molar-refractivity contribution is 7.80. The van der Waals surface area contributed by atoms with Crippen LogP contribution in [-0.4, -0.2) is 16.6 Å². The first kappa shape index (κ1) is 19.1. The van der Waals surface area contributed by atoms with Crippen molar-refractivity contribution in [3.05, 3.63) is 101 Å². The number of thiocarbonyl (C=S) groups is 1. The first-order valence-electron chi connectivity index (χ1n) is 9.33. The van der Waals surface area contributed by atoms with Gasteiger partial charge in [-0.2, -0.15) is 0 Å². The molecule has 0 spiro atoms. The number of aryl methyl sites for hydroxylation is 2. The normalized spacial score (nSPS) is 10.4. The first-order valence-corrected chi connectivity index (χ1v) is 9.73. The summed E-state index contributed by atoms with van der Waals surface area (Å²) >= 11 is 5.76. The van der Waals surface area contributed by atoms with Crippen LogP contribution in [0.4, 0.5) is 5.69 Å². The molecule has 0 aliphatic heterocycles. The standard InChI is InChI=1S/C24H26N2S/c1-19-13-14-23(17-20(19)2)25-24(27)26(18-22-11-7-4-8-12-22)16-15-21-9-5-3-6-10-21/h3-14,17H,15-16,18H2,1-2H3,(H,25,27). The Kier molecular flexibility index (Phi) is 6.61. The van der Waals surface area contributed by atoms with Crippen molar-refractivity contribution in [1.82, 2.24) is 4.90 Å². The molecule has 0 bridgehead atoms. The minimum atomic E-state index is 0.762. The summed E-state index contributed by atoms with van der Waals surface area (Å²) in [6, 6.07) is 27.4. The van der Waals surface area contributed by atoms with Crippen LogP contribution in [0.25, 0.3) is 0 Å². The van der Waals surface area contributed by atoms with Crippen LogP contribution in [0.15, 0.2) is 78.9 Å². The van der Waals surface area contributed by atoms with Crippen LogP contribution in [-0.2, 0) is 13.0 Å². The van der Waals surface area contributed by atoms with E-state index in [0.717, 1.165) is 30.3 Å². The lowest BCUT2D eigenvalue weighted by atomic mass is 10.1. The number of benzene rings is 3. The Bertz CT molecular complexity index is 875. The van der Waals surface area contributed by atoms with E-state index in [2.05, 4.69) is 96.9 Å². The monoisotopic (exact) mass is 374 g/mol. The Hall–Kier alpha value is -2.65. The van der Waals surface area contributed by atoms with Gasteiger partial charge in [-0.05, 0) is 66.9 Å². The van der Waals surface area contributed by atoms with E-state index in [0.29, 0.717) is 0 Å². The zero-order chi connectivity index (χ0) is 19.1. The molecule has 2 nitrogen and oxygen atoms in total. The highest BCUT2D eigenvalue weighted by atomic mass is 32.1. The molecule has 138 valence electrons. The van der Waals surface area contributed by atoms with Gasteiger partial charge in [0, 0.05) is 18.8 Å². The van der Waals surface area contributed by atoms with Gasteiger partial charge < -0.3 is 10.2 Å². The van der Waals surface area contributed by atoms with Crippen LogP contribution in [0, 0.1) is 13.8 Å². The minimum Gasteiger partial charge on any atom is -0.344 e. The SMILES string of the molecule is Cc1ccc(NC(=S)N(CCc2ccccc2)Cc2ccccc2)cc1C. The average molecular weight is 375 g/mol. The molecule has 3 rings (SSSR count). The van der Waals surface area contributed by atoms with Crippen LogP contribution < -0.4 is 5.32 Å². The van der Waals surface area contributed by atoms with Crippen LogP contribution in [0.2, 0.25) is 0 Å². The van der Waals surface area contributed by atoms with Gasteiger partial charge in [-0.25, -0.2) is 0 Å². The van der Waals surface area contributed by atoms with Gasteiger partial charge in [-0.15, -0.1) is 0 Å². The number of hydrogen-bond donors (Lipinski definition) is 1. The number of rotatable bonds is 6. The maximum absolute atomic E-state index is 5.76. The van der Waals surface area contributed by atoms with Crippen molar-refractivity contribution in [2.75, 3.05) is 11.9 Å². The lowest BCUT2D eigenvalue weighted by molar-refractivity contribution is 0.423. The fourth-order valence-electron chi connectivity index (χ4n) is 2.99. The van der Waals surface area contributed by atoms with Crippen LogP contribution in [0.1, 0.15) is 22.3 Å². The molecule has 27 heavy (non-hydrogen) atoms. The zero-order valence-electron chi connectivity index (χ0n) is 16.0. The second-order valence-electron chi connectivity index (χ2n) is 6.87. The molecule has 0 unspecified atom stereocenters. The van der Waals surface area contributed by atoms with E-state index in [1.807, 2.05) is 6.07 Å².